The van der Waals surface area contributed by atoms with Crippen LogP contribution in [0.25, 0.3) is 0 Å². The van der Waals surface area contributed by atoms with Crippen LogP contribution in [0.3, 0.4) is 0 Å². The normalized spacial score (nSPS) is 10.9. The molecule has 1 aromatic heterocycles. The number of rotatable bonds is 4. The zero-order chi connectivity index (χ0) is 14.0. The van der Waals surface area contributed by atoms with E-state index in [-0.39, 0.29) is 0 Å². The molecule has 0 spiro atoms. The molecule has 0 atom stereocenters. The summed E-state index contributed by atoms with van der Waals surface area (Å²) in [6, 6.07) is 4.48. The SMILES string of the molecule is CCCc1nc(N)sc1Cc1cc(C)c(Br)c(C)c1. The van der Waals surface area contributed by atoms with Crippen LogP contribution in [0, 0.1) is 13.8 Å². The van der Waals surface area contributed by atoms with Crippen molar-refractivity contribution in [1.82, 2.24) is 4.98 Å². The number of nitrogens with zero attached hydrogens (tertiary/aromatic N) is 1. The van der Waals surface area contributed by atoms with Gasteiger partial charge < -0.3 is 5.73 Å². The number of anilines is 1. The summed E-state index contributed by atoms with van der Waals surface area (Å²) in [4.78, 5) is 5.75. The highest BCUT2D eigenvalue weighted by Crippen LogP contribution is 2.28. The minimum absolute atomic E-state index is 0.684. The Balaban J connectivity index is 2.30. The molecule has 0 saturated carbocycles. The first kappa shape index (κ1) is 14.5. The average molecular weight is 339 g/mol. The molecule has 0 radical (unpaired) electrons. The van der Waals surface area contributed by atoms with Gasteiger partial charge in [-0.3, -0.25) is 0 Å². The second-order valence-corrected chi connectivity index (χ2v) is 6.80. The van der Waals surface area contributed by atoms with E-state index in [9.17, 15) is 0 Å². The third kappa shape index (κ3) is 3.37. The summed E-state index contributed by atoms with van der Waals surface area (Å²) in [6.07, 6.45) is 3.05. The molecule has 0 aliphatic heterocycles. The number of hydrogen-bond acceptors (Lipinski definition) is 3. The monoisotopic (exact) mass is 338 g/mol. The maximum Gasteiger partial charge on any atom is 0.180 e. The highest BCUT2D eigenvalue weighted by atomic mass is 79.9. The fourth-order valence-electron chi connectivity index (χ4n) is 2.30. The highest BCUT2D eigenvalue weighted by Gasteiger charge is 2.11. The summed E-state index contributed by atoms with van der Waals surface area (Å²) in [5.74, 6) is 0. The Morgan fingerprint density at radius 1 is 1.26 bits per heavy atom. The topological polar surface area (TPSA) is 38.9 Å². The minimum Gasteiger partial charge on any atom is -0.375 e. The van der Waals surface area contributed by atoms with Crippen molar-refractivity contribution in [1.29, 1.82) is 0 Å². The average Bonchev–Trinajstić information content (AvgIpc) is 2.67. The highest BCUT2D eigenvalue weighted by molar-refractivity contribution is 9.10. The van der Waals surface area contributed by atoms with Crippen LogP contribution in [-0.2, 0) is 12.8 Å². The van der Waals surface area contributed by atoms with E-state index in [4.69, 9.17) is 5.73 Å². The molecule has 0 aliphatic carbocycles. The molecule has 0 saturated heterocycles. The Kier molecular flexibility index (Phi) is 4.63. The van der Waals surface area contributed by atoms with E-state index >= 15 is 0 Å². The van der Waals surface area contributed by atoms with Crippen molar-refractivity contribution in [3.05, 3.63) is 43.9 Å². The fourth-order valence-corrected chi connectivity index (χ4v) is 3.44. The number of aryl methyl sites for hydroxylation is 3. The molecule has 0 unspecified atom stereocenters. The summed E-state index contributed by atoms with van der Waals surface area (Å²) in [7, 11) is 0. The third-order valence-electron chi connectivity index (χ3n) is 3.14. The molecule has 4 heteroatoms. The van der Waals surface area contributed by atoms with Crippen molar-refractivity contribution in [2.75, 3.05) is 5.73 Å². The quantitative estimate of drug-likeness (QED) is 0.881. The van der Waals surface area contributed by atoms with Gasteiger partial charge in [-0.25, -0.2) is 4.98 Å². The van der Waals surface area contributed by atoms with Gasteiger partial charge in [0.05, 0.1) is 5.69 Å². The van der Waals surface area contributed by atoms with Crippen molar-refractivity contribution in [2.45, 2.75) is 40.0 Å². The molecule has 2 nitrogen and oxygen atoms in total. The van der Waals surface area contributed by atoms with Gasteiger partial charge in [0.25, 0.3) is 0 Å². The number of aromatic nitrogens is 1. The van der Waals surface area contributed by atoms with Gasteiger partial charge in [-0.1, -0.05) is 41.4 Å². The Morgan fingerprint density at radius 3 is 2.47 bits per heavy atom. The fraction of sp³-hybridized carbons (Fsp3) is 0.400. The maximum atomic E-state index is 5.85. The van der Waals surface area contributed by atoms with Crippen LogP contribution < -0.4 is 5.73 Å². The number of thiazole rings is 1. The second kappa shape index (κ2) is 6.06. The first-order valence-electron chi connectivity index (χ1n) is 6.51. The van der Waals surface area contributed by atoms with E-state index in [0.29, 0.717) is 5.13 Å². The first-order valence-corrected chi connectivity index (χ1v) is 8.12. The third-order valence-corrected chi connectivity index (χ3v) is 5.32. The molecule has 0 fully saturated rings. The molecule has 0 amide bonds. The van der Waals surface area contributed by atoms with Crippen LogP contribution >= 0.6 is 27.3 Å². The number of halogens is 1. The summed E-state index contributed by atoms with van der Waals surface area (Å²) in [6.45, 7) is 6.44. The zero-order valence-electron chi connectivity index (χ0n) is 11.6. The van der Waals surface area contributed by atoms with Gasteiger partial charge in [-0.2, -0.15) is 0 Å². The molecule has 19 heavy (non-hydrogen) atoms. The second-order valence-electron chi connectivity index (χ2n) is 4.89. The van der Waals surface area contributed by atoms with Gasteiger partial charge in [0.1, 0.15) is 0 Å². The maximum absolute atomic E-state index is 5.85. The van der Waals surface area contributed by atoms with Crippen molar-refractivity contribution in [3.63, 3.8) is 0 Å². The molecule has 102 valence electrons. The zero-order valence-corrected chi connectivity index (χ0v) is 14.0. The summed E-state index contributed by atoms with van der Waals surface area (Å²) in [5.41, 5.74) is 10.9. The van der Waals surface area contributed by atoms with E-state index in [1.54, 1.807) is 11.3 Å². The van der Waals surface area contributed by atoms with Crippen LogP contribution in [0.1, 0.15) is 40.6 Å². The van der Waals surface area contributed by atoms with E-state index < -0.39 is 0 Å². The Morgan fingerprint density at radius 2 is 1.89 bits per heavy atom. The van der Waals surface area contributed by atoms with Gasteiger partial charge in [-0.05, 0) is 37.0 Å². The lowest BCUT2D eigenvalue weighted by molar-refractivity contribution is 0.879. The molecule has 1 aromatic carbocycles. The Bertz CT molecular complexity index is 567. The lowest BCUT2D eigenvalue weighted by Crippen LogP contribution is -1.95. The van der Waals surface area contributed by atoms with Crippen LogP contribution in [0.15, 0.2) is 16.6 Å². The largest absolute Gasteiger partial charge is 0.375 e. The molecule has 2 N–H and O–H groups in total. The van der Waals surface area contributed by atoms with E-state index in [1.807, 2.05) is 0 Å². The Labute approximate surface area is 127 Å². The van der Waals surface area contributed by atoms with E-state index in [2.05, 4.69) is 53.8 Å². The smallest absolute Gasteiger partial charge is 0.180 e. The van der Waals surface area contributed by atoms with Crippen LogP contribution in [-0.4, -0.2) is 4.98 Å². The summed E-state index contributed by atoms with van der Waals surface area (Å²) < 4.78 is 1.20. The van der Waals surface area contributed by atoms with E-state index in [1.165, 1.54) is 31.7 Å². The number of benzene rings is 1. The molecule has 2 aromatic rings. The van der Waals surface area contributed by atoms with Crippen LogP contribution in [0.4, 0.5) is 5.13 Å². The van der Waals surface area contributed by atoms with Crippen molar-refractivity contribution in [2.24, 2.45) is 0 Å². The van der Waals surface area contributed by atoms with Gasteiger partial charge in [0.2, 0.25) is 0 Å². The van der Waals surface area contributed by atoms with Crippen molar-refractivity contribution < 1.29 is 0 Å². The van der Waals surface area contributed by atoms with Gasteiger partial charge in [0.15, 0.2) is 5.13 Å². The number of hydrogen-bond donors (Lipinski definition) is 1. The standard InChI is InChI=1S/C15H19BrN2S/c1-4-5-12-13(19-15(17)18-12)8-11-6-9(2)14(16)10(3)7-11/h6-7H,4-5,8H2,1-3H3,(H2,17,18). The van der Waals surface area contributed by atoms with E-state index in [0.717, 1.165) is 19.3 Å². The molecular formula is C15H19BrN2S. The predicted octanol–water partition coefficient (Wildman–Crippen LogP) is 4.65. The van der Waals surface area contributed by atoms with Gasteiger partial charge in [-0.15, -0.1) is 11.3 Å². The van der Waals surface area contributed by atoms with Crippen molar-refractivity contribution in [3.8, 4) is 0 Å². The molecular weight excluding hydrogens is 320 g/mol. The van der Waals surface area contributed by atoms with Crippen LogP contribution in [0.5, 0.6) is 0 Å². The van der Waals surface area contributed by atoms with Gasteiger partial charge in [0, 0.05) is 15.8 Å². The number of nitrogens with two attached hydrogens (primary N) is 1. The summed E-state index contributed by atoms with van der Waals surface area (Å²) in [5, 5.41) is 0.684. The van der Waals surface area contributed by atoms with Crippen molar-refractivity contribution >= 4 is 32.4 Å². The lowest BCUT2D eigenvalue weighted by atomic mass is 10.0. The molecule has 2 rings (SSSR count). The summed E-state index contributed by atoms with van der Waals surface area (Å²) >= 11 is 5.23. The molecule has 0 bridgehead atoms. The predicted molar refractivity (Wildman–Crippen MR) is 86.9 cm³/mol. The first-order chi connectivity index (χ1) is 9.01. The molecule has 1 heterocycles. The molecule has 0 aliphatic rings. The lowest BCUT2D eigenvalue weighted by Gasteiger charge is -2.08. The van der Waals surface area contributed by atoms with Crippen LogP contribution in [0.2, 0.25) is 0 Å². The van der Waals surface area contributed by atoms with Gasteiger partial charge >= 0.3 is 0 Å². The number of nitrogen functional groups attached to an aromatic ring is 1. The Hall–Kier alpha value is -0.870. The minimum atomic E-state index is 0.684.